The van der Waals surface area contributed by atoms with E-state index in [1.54, 1.807) is 0 Å². The van der Waals surface area contributed by atoms with Gasteiger partial charge in [-0.2, -0.15) is 0 Å². The molecule has 10 aromatic carbocycles. The molecule has 0 radical (unpaired) electrons. The van der Waals surface area contributed by atoms with Gasteiger partial charge in [-0.1, -0.05) is 212 Å². The van der Waals surface area contributed by atoms with Gasteiger partial charge in [0.05, 0.1) is 5.56 Å². The lowest BCUT2D eigenvalue weighted by atomic mass is 9.96. The maximum absolute atomic E-state index is 6.86. The van der Waals surface area contributed by atoms with Gasteiger partial charge < -0.3 is 4.42 Å². The number of rotatable bonds is 7. The Balaban J connectivity index is 0.984. The van der Waals surface area contributed by atoms with Crippen LogP contribution in [0, 0.1) is 0 Å². The first-order chi connectivity index (χ1) is 31.2. The first-order valence-corrected chi connectivity index (χ1v) is 21.3. The van der Waals surface area contributed by atoms with Crippen molar-refractivity contribution in [2.75, 3.05) is 0 Å². The van der Waals surface area contributed by atoms with E-state index in [1.807, 2.05) is 12.1 Å². The molecule has 63 heavy (non-hydrogen) atoms. The van der Waals surface area contributed by atoms with Gasteiger partial charge in [-0.05, 0) is 72.6 Å². The van der Waals surface area contributed by atoms with Crippen molar-refractivity contribution < 1.29 is 4.42 Å². The van der Waals surface area contributed by atoms with Crippen LogP contribution in [0.15, 0.2) is 229 Å². The van der Waals surface area contributed by atoms with Crippen LogP contribution in [0.3, 0.4) is 0 Å². The number of benzene rings is 10. The van der Waals surface area contributed by atoms with Crippen LogP contribution in [0.1, 0.15) is 0 Å². The molecule has 294 valence electrons. The Morgan fingerprint density at radius 2 is 0.635 bits per heavy atom. The number of aromatic nitrogens is 3. The Labute approximate surface area is 364 Å². The van der Waals surface area contributed by atoms with E-state index in [0.29, 0.717) is 17.5 Å². The summed E-state index contributed by atoms with van der Waals surface area (Å²) in [5, 5.41) is 6.97. The van der Waals surface area contributed by atoms with Crippen LogP contribution in [-0.2, 0) is 0 Å². The molecule has 0 saturated carbocycles. The van der Waals surface area contributed by atoms with Crippen molar-refractivity contribution in [1.29, 1.82) is 0 Å². The second kappa shape index (κ2) is 15.2. The lowest BCUT2D eigenvalue weighted by Crippen LogP contribution is -2.00. The Kier molecular flexibility index (Phi) is 8.79. The fraction of sp³-hybridized carbons (Fsp3) is 0. The van der Waals surface area contributed by atoms with E-state index < -0.39 is 0 Å². The van der Waals surface area contributed by atoms with E-state index >= 15 is 0 Å². The van der Waals surface area contributed by atoms with Gasteiger partial charge >= 0.3 is 0 Å². The first kappa shape index (κ1) is 36.4. The van der Waals surface area contributed by atoms with E-state index in [2.05, 4.69) is 212 Å². The average Bonchev–Trinajstić information content (AvgIpc) is 3.76. The molecule has 2 aromatic heterocycles. The summed E-state index contributed by atoms with van der Waals surface area (Å²) in [5.74, 6) is 1.71. The van der Waals surface area contributed by atoms with Gasteiger partial charge in [0.1, 0.15) is 11.2 Å². The summed E-state index contributed by atoms with van der Waals surface area (Å²) in [4.78, 5) is 15.6. The van der Waals surface area contributed by atoms with Crippen molar-refractivity contribution in [2.45, 2.75) is 0 Å². The molecule has 12 rings (SSSR count). The van der Waals surface area contributed by atoms with Crippen LogP contribution in [0.5, 0.6) is 0 Å². The quantitative estimate of drug-likeness (QED) is 0.161. The fourth-order valence-corrected chi connectivity index (χ4v) is 9.03. The third-order valence-corrected chi connectivity index (χ3v) is 12.2. The predicted octanol–water partition coefficient (Wildman–Crippen LogP) is 15.7. The Bertz CT molecular complexity index is 3660. The molecule has 0 aliphatic heterocycles. The lowest BCUT2D eigenvalue weighted by molar-refractivity contribution is 0.670. The van der Waals surface area contributed by atoms with Gasteiger partial charge in [-0.25, -0.2) is 15.0 Å². The minimum atomic E-state index is 0.545. The molecular weight excluding hydrogens is 767 g/mol. The minimum absolute atomic E-state index is 0.545. The predicted molar refractivity (Wildman–Crippen MR) is 260 cm³/mol. The molecule has 0 bridgehead atoms. The summed E-state index contributed by atoms with van der Waals surface area (Å²) in [6.07, 6.45) is 0. The van der Waals surface area contributed by atoms with Gasteiger partial charge in [0.2, 0.25) is 0 Å². The third-order valence-electron chi connectivity index (χ3n) is 12.2. The maximum atomic E-state index is 6.86. The average molecular weight is 804 g/mol. The van der Waals surface area contributed by atoms with Crippen molar-refractivity contribution in [3.05, 3.63) is 224 Å². The molecule has 0 aliphatic carbocycles. The van der Waals surface area contributed by atoms with E-state index in [1.165, 1.54) is 38.2 Å². The van der Waals surface area contributed by atoms with E-state index in [9.17, 15) is 0 Å². The number of furan rings is 1. The molecule has 0 N–H and O–H groups in total. The summed E-state index contributed by atoms with van der Waals surface area (Å²) in [6, 6.07) is 78.8. The highest BCUT2D eigenvalue weighted by molar-refractivity contribution is 6.12. The molecule has 0 atom stereocenters. The zero-order valence-corrected chi connectivity index (χ0v) is 34.1. The normalized spacial score (nSPS) is 11.5. The summed E-state index contributed by atoms with van der Waals surface area (Å²) in [5.41, 5.74) is 13.2. The zero-order valence-electron chi connectivity index (χ0n) is 34.1. The smallest absolute Gasteiger partial charge is 0.167 e. The summed E-state index contributed by atoms with van der Waals surface area (Å²) in [7, 11) is 0. The van der Waals surface area contributed by atoms with Crippen molar-refractivity contribution in [1.82, 2.24) is 15.0 Å². The second-order valence-electron chi connectivity index (χ2n) is 15.9. The van der Waals surface area contributed by atoms with Crippen LogP contribution >= 0.6 is 0 Å². The molecule has 4 heteroatoms. The summed E-state index contributed by atoms with van der Waals surface area (Å²) in [6.45, 7) is 0. The number of nitrogens with zero attached hydrogens (tertiary/aromatic N) is 3. The van der Waals surface area contributed by atoms with Gasteiger partial charge in [0.25, 0.3) is 0 Å². The Hall–Kier alpha value is -8.47. The molecule has 4 nitrogen and oxygen atoms in total. The molecule has 0 aliphatic rings. The van der Waals surface area contributed by atoms with Gasteiger partial charge in [0, 0.05) is 27.5 Å². The fourth-order valence-electron chi connectivity index (χ4n) is 9.03. The SMILES string of the molecule is c1ccc(-c2cccc3c2oc2c(-c4nc(-c5ccc(-c6cccc7ccccc67)cc5)nc(-c5cccc(-c6ccc(-c7cccc8ccccc78)cc6)c5)n4)cccc23)cc1. The van der Waals surface area contributed by atoms with Crippen molar-refractivity contribution in [2.24, 2.45) is 0 Å². The van der Waals surface area contributed by atoms with Crippen LogP contribution in [-0.4, -0.2) is 15.0 Å². The highest BCUT2D eigenvalue weighted by atomic mass is 16.3. The molecule has 0 amide bonds. The van der Waals surface area contributed by atoms with Crippen LogP contribution in [0.25, 0.3) is 122 Å². The number of hydrogen-bond acceptors (Lipinski definition) is 4. The Morgan fingerprint density at radius 1 is 0.238 bits per heavy atom. The van der Waals surface area contributed by atoms with E-state index in [-0.39, 0.29) is 0 Å². The second-order valence-corrected chi connectivity index (χ2v) is 15.9. The molecule has 0 saturated heterocycles. The topological polar surface area (TPSA) is 51.8 Å². The van der Waals surface area contributed by atoms with Crippen LogP contribution in [0.2, 0.25) is 0 Å². The number of hydrogen-bond donors (Lipinski definition) is 0. The highest BCUT2D eigenvalue weighted by Gasteiger charge is 2.20. The zero-order chi connectivity index (χ0) is 41.7. The van der Waals surface area contributed by atoms with Gasteiger partial charge in [-0.15, -0.1) is 0 Å². The summed E-state index contributed by atoms with van der Waals surface area (Å²) < 4.78 is 6.86. The minimum Gasteiger partial charge on any atom is -0.455 e. The lowest BCUT2D eigenvalue weighted by Gasteiger charge is -2.11. The highest BCUT2D eigenvalue weighted by Crippen LogP contribution is 2.40. The largest absolute Gasteiger partial charge is 0.455 e. The van der Waals surface area contributed by atoms with Crippen molar-refractivity contribution >= 4 is 43.5 Å². The third kappa shape index (κ3) is 6.53. The molecule has 2 heterocycles. The molecule has 12 aromatic rings. The number of para-hydroxylation sites is 2. The van der Waals surface area contributed by atoms with E-state index in [4.69, 9.17) is 19.4 Å². The van der Waals surface area contributed by atoms with Crippen LogP contribution in [0.4, 0.5) is 0 Å². The Morgan fingerprint density at radius 3 is 1.29 bits per heavy atom. The van der Waals surface area contributed by atoms with E-state index in [0.717, 1.165) is 66.4 Å². The monoisotopic (exact) mass is 803 g/mol. The number of fused-ring (bicyclic) bond motifs is 5. The molecule has 0 unspecified atom stereocenters. The van der Waals surface area contributed by atoms with Gasteiger partial charge in [-0.3, -0.25) is 0 Å². The van der Waals surface area contributed by atoms with Gasteiger partial charge in [0.15, 0.2) is 17.5 Å². The molecule has 0 fully saturated rings. The van der Waals surface area contributed by atoms with Crippen LogP contribution < -0.4 is 0 Å². The summed E-state index contributed by atoms with van der Waals surface area (Å²) >= 11 is 0. The maximum Gasteiger partial charge on any atom is 0.167 e. The molecule has 0 spiro atoms. The standard InChI is InChI=1S/C59H37N3O/c1-2-13-41(14-3-1)51-25-11-26-52-53-27-12-28-54(56(53)63-55(51)52)59-61-57(44-35-33-43(34-36-44)50-24-10-18-40-16-5-7-22-48(40)50)60-58(62-59)46-20-8-19-45(37-46)38-29-31-42(32-30-38)49-23-9-17-39-15-4-6-21-47(39)49/h1-37H. The first-order valence-electron chi connectivity index (χ1n) is 21.3. The molecular formula is C59H37N3O. The van der Waals surface area contributed by atoms with Crippen molar-refractivity contribution in [3.8, 4) is 78.7 Å². The van der Waals surface area contributed by atoms with Crippen molar-refractivity contribution in [3.63, 3.8) is 0 Å².